The van der Waals surface area contributed by atoms with E-state index in [9.17, 15) is 10.1 Å². The van der Waals surface area contributed by atoms with E-state index < -0.39 is 4.92 Å². The van der Waals surface area contributed by atoms with Gasteiger partial charge in [0, 0.05) is 5.56 Å². The number of nitrogens with zero attached hydrogens (tertiary/aromatic N) is 2. The molecule has 4 nitrogen and oxygen atoms in total. The second kappa shape index (κ2) is 4.58. The molecular weight excluding hydrogens is 204 g/mol. The van der Waals surface area contributed by atoms with Crippen LogP contribution in [-0.4, -0.2) is 15.8 Å². The van der Waals surface area contributed by atoms with Crippen molar-refractivity contribution in [1.82, 2.24) is 4.98 Å². The molecule has 0 fully saturated rings. The molecule has 0 unspecified atom stereocenters. The van der Waals surface area contributed by atoms with E-state index in [4.69, 9.17) is 11.6 Å². The lowest BCUT2D eigenvalue weighted by molar-refractivity contribution is -0.385. The van der Waals surface area contributed by atoms with Gasteiger partial charge in [0.2, 0.25) is 0 Å². The maximum Gasteiger partial charge on any atom is 0.290 e. The molecule has 0 aliphatic rings. The molecular formula is C9H7ClN2O2. The lowest BCUT2D eigenvalue weighted by Crippen LogP contribution is -1.94. The van der Waals surface area contributed by atoms with Crippen LogP contribution in [0.25, 0.3) is 0 Å². The number of rotatable bonds is 1. The number of aromatic nitrogens is 1. The molecule has 1 rings (SSSR count). The molecule has 5 heteroatoms. The third kappa shape index (κ3) is 2.44. The number of halogens is 1. The molecule has 0 spiro atoms. The lowest BCUT2D eigenvalue weighted by Gasteiger charge is -1.95. The van der Waals surface area contributed by atoms with Crippen LogP contribution in [0.5, 0.6) is 0 Å². The Kier molecular flexibility index (Phi) is 3.43. The monoisotopic (exact) mass is 210 g/mol. The normalized spacial score (nSPS) is 9.00. The van der Waals surface area contributed by atoms with Crippen LogP contribution in [0.1, 0.15) is 11.3 Å². The van der Waals surface area contributed by atoms with Crippen LogP contribution in [0.2, 0.25) is 0 Å². The van der Waals surface area contributed by atoms with Gasteiger partial charge in [0.1, 0.15) is 11.9 Å². The van der Waals surface area contributed by atoms with E-state index in [1.165, 1.54) is 6.20 Å². The number of hydrogen-bond donors (Lipinski definition) is 0. The van der Waals surface area contributed by atoms with Crippen LogP contribution in [0.15, 0.2) is 12.3 Å². The predicted molar refractivity (Wildman–Crippen MR) is 53.2 cm³/mol. The molecule has 0 atom stereocenters. The topological polar surface area (TPSA) is 56.0 Å². The molecule has 0 aliphatic heterocycles. The molecule has 0 bridgehead atoms. The molecule has 0 saturated heterocycles. The second-order valence-corrected chi connectivity index (χ2v) is 2.82. The summed E-state index contributed by atoms with van der Waals surface area (Å²) >= 11 is 5.36. The van der Waals surface area contributed by atoms with E-state index in [0.717, 1.165) is 0 Å². The number of alkyl halides is 1. The summed E-state index contributed by atoms with van der Waals surface area (Å²) in [5.41, 5.74) is 1.04. The number of hydrogen-bond acceptors (Lipinski definition) is 3. The van der Waals surface area contributed by atoms with Crippen LogP contribution < -0.4 is 0 Å². The van der Waals surface area contributed by atoms with Gasteiger partial charge in [0.05, 0.1) is 10.8 Å². The quantitative estimate of drug-likeness (QED) is 0.308. The van der Waals surface area contributed by atoms with Crippen molar-refractivity contribution in [3.63, 3.8) is 0 Å². The highest BCUT2D eigenvalue weighted by Crippen LogP contribution is 2.15. The minimum absolute atomic E-state index is 0.00132. The fraction of sp³-hybridized carbons (Fsp3) is 0.222. The largest absolute Gasteiger partial charge is 0.290 e. The minimum atomic E-state index is -0.471. The fourth-order valence-corrected chi connectivity index (χ4v) is 0.999. The van der Waals surface area contributed by atoms with E-state index in [1.54, 1.807) is 13.0 Å². The molecule has 0 N–H and O–H groups in total. The predicted octanol–water partition coefficient (Wildman–Crippen LogP) is 1.89. The van der Waals surface area contributed by atoms with Crippen molar-refractivity contribution in [3.8, 4) is 11.8 Å². The van der Waals surface area contributed by atoms with Crippen molar-refractivity contribution in [2.24, 2.45) is 0 Å². The highest BCUT2D eigenvalue weighted by molar-refractivity contribution is 6.19. The van der Waals surface area contributed by atoms with Crippen LogP contribution in [0.4, 0.5) is 5.69 Å². The van der Waals surface area contributed by atoms with E-state index in [1.807, 2.05) is 0 Å². The molecule has 0 saturated carbocycles. The Labute approximate surface area is 86.1 Å². The van der Waals surface area contributed by atoms with Gasteiger partial charge in [-0.25, -0.2) is 4.98 Å². The first-order valence-electron chi connectivity index (χ1n) is 3.81. The van der Waals surface area contributed by atoms with Gasteiger partial charge in [-0.2, -0.15) is 0 Å². The number of pyridine rings is 1. The van der Waals surface area contributed by atoms with Crippen molar-refractivity contribution in [1.29, 1.82) is 0 Å². The highest BCUT2D eigenvalue weighted by Gasteiger charge is 2.10. The van der Waals surface area contributed by atoms with Gasteiger partial charge >= 0.3 is 0 Å². The molecule has 1 heterocycles. The zero-order valence-electron chi connectivity index (χ0n) is 7.45. The standard InChI is InChI=1S/C9H7ClN2O2/c1-7-5-8(3-2-4-10)11-6-9(7)12(13)14/h5-6H,4H2,1H3. The Morgan fingerprint density at radius 2 is 2.43 bits per heavy atom. The third-order valence-electron chi connectivity index (χ3n) is 1.56. The minimum Gasteiger partial charge on any atom is -0.258 e. The number of nitro groups is 1. The summed E-state index contributed by atoms with van der Waals surface area (Å²) in [4.78, 5) is 13.8. The van der Waals surface area contributed by atoms with Crippen molar-refractivity contribution >= 4 is 17.3 Å². The molecule has 1 aromatic heterocycles. The van der Waals surface area contributed by atoms with Gasteiger partial charge in [0.15, 0.2) is 0 Å². The molecule has 0 amide bonds. The molecule has 72 valence electrons. The Morgan fingerprint density at radius 3 is 2.93 bits per heavy atom. The van der Waals surface area contributed by atoms with Gasteiger partial charge in [-0.05, 0) is 18.9 Å². The summed E-state index contributed by atoms with van der Waals surface area (Å²) in [6, 6.07) is 1.57. The van der Waals surface area contributed by atoms with E-state index >= 15 is 0 Å². The SMILES string of the molecule is Cc1cc(C#CCCl)ncc1[N+](=O)[O-]. The van der Waals surface area contributed by atoms with Crippen LogP contribution in [0, 0.1) is 28.9 Å². The summed E-state index contributed by atoms with van der Waals surface area (Å²) in [6.45, 7) is 1.64. The second-order valence-electron chi connectivity index (χ2n) is 2.55. The Hall–Kier alpha value is -1.60. The van der Waals surface area contributed by atoms with E-state index in [0.29, 0.717) is 11.3 Å². The van der Waals surface area contributed by atoms with Gasteiger partial charge in [0.25, 0.3) is 5.69 Å². The first-order chi connectivity index (χ1) is 6.65. The van der Waals surface area contributed by atoms with Crippen LogP contribution >= 0.6 is 11.6 Å². The first-order valence-corrected chi connectivity index (χ1v) is 4.34. The average molecular weight is 211 g/mol. The molecule has 0 radical (unpaired) electrons. The maximum absolute atomic E-state index is 10.5. The van der Waals surface area contributed by atoms with E-state index in [-0.39, 0.29) is 11.6 Å². The van der Waals surface area contributed by atoms with Crippen molar-refractivity contribution < 1.29 is 4.92 Å². The molecule has 0 aliphatic carbocycles. The zero-order chi connectivity index (χ0) is 10.6. The van der Waals surface area contributed by atoms with Gasteiger partial charge in [-0.3, -0.25) is 10.1 Å². The van der Waals surface area contributed by atoms with Gasteiger partial charge in [-0.15, -0.1) is 11.6 Å². The molecule has 14 heavy (non-hydrogen) atoms. The zero-order valence-corrected chi connectivity index (χ0v) is 8.21. The smallest absolute Gasteiger partial charge is 0.258 e. The van der Waals surface area contributed by atoms with Crippen LogP contribution in [-0.2, 0) is 0 Å². The van der Waals surface area contributed by atoms with Crippen molar-refractivity contribution in [2.75, 3.05) is 5.88 Å². The third-order valence-corrected chi connectivity index (χ3v) is 1.70. The van der Waals surface area contributed by atoms with Gasteiger partial charge < -0.3 is 0 Å². The summed E-state index contributed by atoms with van der Waals surface area (Å²) in [5, 5.41) is 10.5. The number of aryl methyl sites for hydroxylation is 1. The van der Waals surface area contributed by atoms with E-state index in [2.05, 4.69) is 16.8 Å². The summed E-state index contributed by atoms with van der Waals surface area (Å²) in [6.07, 6.45) is 1.20. The summed E-state index contributed by atoms with van der Waals surface area (Å²) in [5.74, 6) is 5.53. The maximum atomic E-state index is 10.5. The summed E-state index contributed by atoms with van der Waals surface area (Å²) in [7, 11) is 0. The summed E-state index contributed by atoms with van der Waals surface area (Å²) < 4.78 is 0. The Morgan fingerprint density at radius 1 is 1.71 bits per heavy atom. The van der Waals surface area contributed by atoms with Gasteiger partial charge in [-0.1, -0.05) is 5.92 Å². The lowest BCUT2D eigenvalue weighted by atomic mass is 10.2. The highest BCUT2D eigenvalue weighted by atomic mass is 35.5. The molecule has 0 aromatic carbocycles. The average Bonchev–Trinajstić information content (AvgIpc) is 2.14. The van der Waals surface area contributed by atoms with Crippen molar-refractivity contribution in [3.05, 3.63) is 33.6 Å². The first kappa shape index (κ1) is 10.5. The fourth-order valence-electron chi connectivity index (χ4n) is 0.932. The Bertz CT molecular complexity index is 421. The van der Waals surface area contributed by atoms with Crippen molar-refractivity contribution in [2.45, 2.75) is 6.92 Å². The van der Waals surface area contributed by atoms with Crippen LogP contribution in [0.3, 0.4) is 0 Å². The Balaban J connectivity index is 3.06. The molecule has 1 aromatic rings.